The van der Waals surface area contributed by atoms with E-state index in [1.54, 1.807) is 0 Å². The van der Waals surface area contributed by atoms with Gasteiger partial charge in [-0.15, -0.1) is 0 Å². The molecule has 5 heteroatoms. The molecular weight excluding hydrogens is 372 g/mol. The molecule has 1 saturated carbocycles. The number of nitrogens with one attached hydrogen (secondary N) is 1. The maximum Gasteiger partial charge on any atom is 0.227 e. The van der Waals surface area contributed by atoms with Gasteiger partial charge in [0.05, 0.1) is 6.42 Å². The fourth-order valence-corrected chi connectivity index (χ4v) is 4.89. The van der Waals surface area contributed by atoms with Crippen LogP contribution in [0.5, 0.6) is 0 Å². The van der Waals surface area contributed by atoms with E-state index in [1.807, 2.05) is 18.5 Å². The standard InChI is InChI=1S/C25H30N4O/c1-19-5-4-6-20(15-19)16-23(30)29-14-13-28(17-25(18-29)9-10-25)22-7-2-3-11-26-24-21(22)8-12-27-24/h3-6,8,11-12,15H,2,7,9-10,13-14,16-18H2,1H3,(H,26,27). The molecule has 1 N–H and O–H groups in total. The topological polar surface area (TPSA) is 51.7 Å². The summed E-state index contributed by atoms with van der Waals surface area (Å²) in [6.45, 7) is 5.71. The predicted molar refractivity (Wildman–Crippen MR) is 118 cm³/mol. The SMILES string of the molecule is Cc1cccc(CC(=O)N2CCN(C3=c4cc[nH]c4=NC=CCC3)CC3(CC3)C2)c1. The largest absolute Gasteiger partial charge is 0.372 e. The molecule has 3 aliphatic rings. The Kier molecular flexibility index (Phi) is 4.97. The van der Waals surface area contributed by atoms with Crippen LogP contribution in [0.3, 0.4) is 0 Å². The molecule has 0 bridgehead atoms. The first-order valence-electron chi connectivity index (χ1n) is 11.1. The van der Waals surface area contributed by atoms with Crippen LogP contribution >= 0.6 is 0 Å². The fraction of sp³-hybridized carbons (Fsp3) is 0.440. The second-order valence-electron chi connectivity index (χ2n) is 9.14. The van der Waals surface area contributed by atoms with Gasteiger partial charge in [0.1, 0.15) is 5.49 Å². The number of hydrogen-bond acceptors (Lipinski definition) is 3. The maximum atomic E-state index is 13.2. The Morgan fingerprint density at radius 2 is 2.10 bits per heavy atom. The molecule has 2 fully saturated rings. The van der Waals surface area contributed by atoms with Crippen molar-refractivity contribution in [2.75, 3.05) is 26.2 Å². The third kappa shape index (κ3) is 3.93. The van der Waals surface area contributed by atoms with Crippen LogP contribution in [-0.2, 0) is 11.2 Å². The Morgan fingerprint density at radius 1 is 1.20 bits per heavy atom. The predicted octanol–water partition coefficient (Wildman–Crippen LogP) is 2.53. The lowest BCUT2D eigenvalue weighted by atomic mass is 10.0. The molecular formula is C25H30N4O. The number of aryl methyl sites for hydroxylation is 1. The van der Waals surface area contributed by atoms with E-state index in [9.17, 15) is 4.79 Å². The van der Waals surface area contributed by atoms with Gasteiger partial charge >= 0.3 is 0 Å². The van der Waals surface area contributed by atoms with Crippen molar-refractivity contribution in [1.82, 2.24) is 14.8 Å². The molecule has 0 atom stereocenters. The van der Waals surface area contributed by atoms with Gasteiger partial charge in [0.25, 0.3) is 0 Å². The highest BCUT2D eigenvalue weighted by Crippen LogP contribution is 2.48. The summed E-state index contributed by atoms with van der Waals surface area (Å²) in [5, 5.41) is 1.22. The number of nitrogens with zero attached hydrogens (tertiary/aromatic N) is 3. The summed E-state index contributed by atoms with van der Waals surface area (Å²) in [5.74, 6) is 0.261. The number of H-pyrrole nitrogens is 1. The van der Waals surface area contributed by atoms with Crippen molar-refractivity contribution in [2.45, 2.75) is 39.0 Å². The number of carbonyl (C=O) groups excluding carboxylic acids is 1. The third-order valence-electron chi connectivity index (χ3n) is 6.71. The molecule has 3 heterocycles. The first-order chi connectivity index (χ1) is 14.6. The fourth-order valence-electron chi connectivity index (χ4n) is 4.89. The lowest BCUT2D eigenvalue weighted by Gasteiger charge is -2.28. The molecule has 1 amide bonds. The van der Waals surface area contributed by atoms with Crippen molar-refractivity contribution in [1.29, 1.82) is 0 Å². The molecule has 1 spiro atoms. The van der Waals surface area contributed by atoms with Crippen LogP contribution < -0.4 is 10.7 Å². The molecule has 1 saturated heterocycles. The lowest BCUT2D eigenvalue weighted by molar-refractivity contribution is -0.130. The Hall–Kier alpha value is -2.82. The van der Waals surface area contributed by atoms with Gasteiger partial charge in [-0.1, -0.05) is 35.9 Å². The summed E-state index contributed by atoms with van der Waals surface area (Å²) >= 11 is 0. The normalized spacial score (nSPS) is 20.2. The Balaban J connectivity index is 1.39. The van der Waals surface area contributed by atoms with Crippen LogP contribution in [0.4, 0.5) is 0 Å². The van der Waals surface area contributed by atoms with Crippen molar-refractivity contribution >= 4 is 11.6 Å². The average molecular weight is 403 g/mol. The van der Waals surface area contributed by atoms with E-state index in [2.05, 4.69) is 57.0 Å². The summed E-state index contributed by atoms with van der Waals surface area (Å²) in [7, 11) is 0. The summed E-state index contributed by atoms with van der Waals surface area (Å²) in [6.07, 6.45) is 11.0. The van der Waals surface area contributed by atoms with Crippen molar-refractivity contribution in [3.8, 4) is 0 Å². The number of aromatic amines is 1. The smallest absolute Gasteiger partial charge is 0.227 e. The molecule has 1 aromatic heterocycles. The van der Waals surface area contributed by atoms with E-state index in [0.717, 1.165) is 50.1 Å². The van der Waals surface area contributed by atoms with Gasteiger partial charge in [-0.25, -0.2) is 4.99 Å². The van der Waals surface area contributed by atoms with Crippen LogP contribution in [0.25, 0.3) is 5.70 Å². The number of benzene rings is 1. The van der Waals surface area contributed by atoms with Gasteiger partial charge in [0.2, 0.25) is 5.91 Å². The molecule has 1 aromatic carbocycles. The summed E-state index contributed by atoms with van der Waals surface area (Å²) in [6, 6.07) is 10.5. The van der Waals surface area contributed by atoms with Crippen molar-refractivity contribution in [3.05, 3.63) is 70.6 Å². The number of aromatic nitrogens is 1. The molecule has 0 unspecified atom stereocenters. The van der Waals surface area contributed by atoms with Crippen LogP contribution in [0.2, 0.25) is 0 Å². The summed E-state index contributed by atoms with van der Waals surface area (Å²) in [5.41, 5.74) is 4.91. The van der Waals surface area contributed by atoms with Crippen LogP contribution in [0.15, 0.2) is 53.8 Å². The first-order valence-corrected chi connectivity index (χ1v) is 11.1. The third-order valence-corrected chi connectivity index (χ3v) is 6.71. The number of rotatable bonds is 3. The summed E-state index contributed by atoms with van der Waals surface area (Å²) in [4.78, 5) is 25.7. The lowest BCUT2D eigenvalue weighted by Crippen LogP contribution is -2.38. The zero-order valence-electron chi connectivity index (χ0n) is 17.7. The maximum absolute atomic E-state index is 13.2. The van der Waals surface area contributed by atoms with Gasteiger partial charge in [0.15, 0.2) is 0 Å². The van der Waals surface area contributed by atoms with Crippen molar-refractivity contribution < 1.29 is 4.79 Å². The molecule has 30 heavy (non-hydrogen) atoms. The molecule has 1 aliphatic carbocycles. The molecule has 5 nitrogen and oxygen atoms in total. The van der Waals surface area contributed by atoms with Crippen molar-refractivity contribution in [2.24, 2.45) is 10.4 Å². The number of hydrogen-bond donors (Lipinski definition) is 1. The van der Waals surface area contributed by atoms with Crippen molar-refractivity contribution in [3.63, 3.8) is 0 Å². The minimum Gasteiger partial charge on any atom is -0.372 e. The molecule has 2 aromatic rings. The number of allylic oxidation sites excluding steroid dienone is 1. The van der Waals surface area contributed by atoms with E-state index in [4.69, 9.17) is 0 Å². The Labute approximate surface area is 177 Å². The number of amides is 1. The highest BCUT2D eigenvalue weighted by molar-refractivity contribution is 5.79. The van der Waals surface area contributed by atoms with Gasteiger partial charge in [-0.2, -0.15) is 0 Å². The zero-order chi connectivity index (χ0) is 20.6. The molecule has 5 rings (SSSR count). The van der Waals surface area contributed by atoms with E-state index >= 15 is 0 Å². The van der Waals surface area contributed by atoms with E-state index in [0.29, 0.717) is 6.42 Å². The minimum absolute atomic E-state index is 0.261. The van der Waals surface area contributed by atoms with Gasteiger partial charge in [0, 0.05) is 54.9 Å². The molecule has 0 radical (unpaired) electrons. The molecule has 2 aliphatic heterocycles. The quantitative estimate of drug-likeness (QED) is 0.858. The second kappa shape index (κ2) is 7.78. The van der Waals surface area contributed by atoms with Gasteiger partial charge in [-0.3, -0.25) is 4.79 Å². The second-order valence-corrected chi connectivity index (χ2v) is 9.14. The first kappa shape index (κ1) is 19.2. The van der Waals surface area contributed by atoms with Crippen LogP contribution in [0, 0.1) is 12.3 Å². The Bertz CT molecular complexity index is 1090. The Morgan fingerprint density at radius 3 is 2.93 bits per heavy atom. The number of carbonyl (C=O) groups is 1. The highest BCUT2D eigenvalue weighted by Gasteiger charge is 2.47. The van der Waals surface area contributed by atoms with Gasteiger partial charge in [-0.05, 0) is 44.2 Å². The van der Waals surface area contributed by atoms with E-state index < -0.39 is 0 Å². The molecule has 156 valence electrons. The van der Waals surface area contributed by atoms with E-state index in [1.165, 1.54) is 29.3 Å². The summed E-state index contributed by atoms with van der Waals surface area (Å²) < 4.78 is 0. The number of fused-ring (bicyclic) bond motifs is 1. The van der Waals surface area contributed by atoms with E-state index in [-0.39, 0.29) is 11.3 Å². The zero-order valence-corrected chi connectivity index (χ0v) is 17.7. The van der Waals surface area contributed by atoms with Crippen LogP contribution in [-0.4, -0.2) is 46.9 Å². The van der Waals surface area contributed by atoms with Gasteiger partial charge < -0.3 is 14.8 Å². The highest BCUT2D eigenvalue weighted by atomic mass is 16.2. The van der Waals surface area contributed by atoms with Crippen LogP contribution in [0.1, 0.15) is 36.8 Å². The average Bonchev–Trinajstić information content (AvgIpc) is 3.38. The minimum atomic E-state index is 0.261. The monoisotopic (exact) mass is 402 g/mol.